The Labute approximate surface area is 155 Å². The molecule has 27 heavy (non-hydrogen) atoms. The third-order valence-electron chi connectivity index (χ3n) is 4.15. The first-order valence-corrected chi connectivity index (χ1v) is 8.49. The molecule has 138 valence electrons. The van der Waals surface area contributed by atoms with Crippen LogP contribution in [0, 0.1) is 0 Å². The van der Waals surface area contributed by atoms with Crippen molar-refractivity contribution in [2.75, 3.05) is 0 Å². The minimum Gasteiger partial charge on any atom is -0.457 e. The van der Waals surface area contributed by atoms with Crippen LogP contribution >= 0.6 is 0 Å². The normalized spacial score (nSPS) is 16.4. The Morgan fingerprint density at radius 2 is 1.67 bits per heavy atom. The third kappa shape index (κ3) is 4.58. The van der Waals surface area contributed by atoms with Crippen LogP contribution in [-0.2, 0) is 20.9 Å². The maximum atomic E-state index is 12.6. The molecule has 2 aromatic rings. The van der Waals surface area contributed by atoms with Crippen molar-refractivity contribution in [1.29, 1.82) is 0 Å². The SMILES string of the molecule is O=C1CC[C@H](NC(=O)c2ccccc2C(=O)OCc2ccccc2)C(=O)N1. The van der Waals surface area contributed by atoms with Crippen molar-refractivity contribution in [2.45, 2.75) is 25.5 Å². The van der Waals surface area contributed by atoms with E-state index in [1.165, 1.54) is 12.1 Å². The van der Waals surface area contributed by atoms with Gasteiger partial charge in [0.05, 0.1) is 11.1 Å². The monoisotopic (exact) mass is 366 g/mol. The molecule has 1 fully saturated rings. The largest absolute Gasteiger partial charge is 0.457 e. The number of carbonyl (C=O) groups excluding carboxylic acids is 4. The third-order valence-corrected chi connectivity index (χ3v) is 4.15. The van der Waals surface area contributed by atoms with Crippen molar-refractivity contribution in [2.24, 2.45) is 0 Å². The average Bonchev–Trinajstić information content (AvgIpc) is 2.69. The Balaban J connectivity index is 1.69. The minimum absolute atomic E-state index is 0.0861. The quantitative estimate of drug-likeness (QED) is 0.618. The summed E-state index contributed by atoms with van der Waals surface area (Å²) in [6.07, 6.45) is 0.370. The van der Waals surface area contributed by atoms with Gasteiger partial charge in [-0.1, -0.05) is 42.5 Å². The Morgan fingerprint density at radius 1 is 1.00 bits per heavy atom. The molecule has 1 heterocycles. The molecule has 0 aliphatic carbocycles. The highest BCUT2D eigenvalue weighted by atomic mass is 16.5. The highest BCUT2D eigenvalue weighted by Crippen LogP contribution is 2.13. The number of amides is 3. The summed E-state index contributed by atoms with van der Waals surface area (Å²) < 4.78 is 5.29. The lowest BCUT2D eigenvalue weighted by Gasteiger charge is -2.22. The van der Waals surface area contributed by atoms with E-state index < -0.39 is 23.8 Å². The molecule has 3 rings (SSSR count). The summed E-state index contributed by atoms with van der Waals surface area (Å²) in [6, 6.07) is 14.6. The first-order valence-electron chi connectivity index (χ1n) is 8.49. The summed E-state index contributed by atoms with van der Waals surface area (Å²) in [5, 5.41) is 4.74. The molecule has 1 saturated heterocycles. The molecule has 2 aromatic carbocycles. The van der Waals surface area contributed by atoms with Gasteiger partial charge in [-0.2, -0.15) is 0 Å². The summed E-state index contributed by atoms with van der Waals surface area (Å²) >= 11 is 0. The maximum absolute atomic E-state index is 12.6. The molecule has 7 heteroatoms. The number of benzene rings is 2. The van der Waals surface area contributed by atoms with E-state index in [2.05, 4.69) is 10.6 Å². The zero-order valence-electron chi connectivity index (χ0n) is 14.4. The predicted molar refractivity (Wildman–Crippen MR) is 95.6 cm³/mol. The van der Waals surface area contributed by atoms with Crippen molar-refractivity contribution in [1.82, 2.24) is 10.6 Å². The molecule has 1 aliphatic rings. The first-order chi connectivity index (χ1) is 13.0. The number of ether oxygens (including phenoxy) is 1. The van der Waals surface area contributed by atoms with Crippen LogP contribution < -0.4 is 10.6 Å². The van der Waals surface area contributed by atoms with E-state index in [0.717, 1.165) is 5.56 Å². The van der Waals surface area contributed by atoms with Crippen molar-refractivity contribution in [3.8, 4) is 0 Å². The van der Waals surface area contributed by atoms with Gasteiger partial charge in [-0.15, -0.1) is 0 Å². The number of hydrogen-bond acceptors (Lipinski definition) is 5. The van der Waals surface area contributed by atoms with Gasteiger partial charge >= 0.3 is 5.97 Å². The highest BCUT2D eigenvalue weighted by molar-refractivity contribution is 6.08. The lowest BCUT2D eigenvalue weighted by Crippen LogP contribution is -2.52. The van der Waals surface area contributed by atoms with E-state index >= 15 is 0 Å². The Bertz CT molecular complexity index is 879. The molecule has 3 amide bonds. The molecule has 0 unspecified atom stereocenters. The van der Waals surface area contributed by atoms with Gasteiger partial charge in [0.15, 0.2) is 0 Å². The average molecular weight is 366 g/mol. The Morgan fingerprint density at radius 3 is 2.37 bits per heavy atom. The van der Waals surface area contributed by atoms with Gasteiger partial charge in [0.25, 0.3) is 5.91 Å². The van der Waals surface area contributed by atoms with Crippen molar-refractivity contribution >= 4 is 23.7 Å². The van der Waals surface area contributed by atoms with Crippen molar-refractivity contribution in [3.63, 3.8) is 0 Å². The van der Waals surface area contributed by atoms with Crippen LogP contribution in [0.2, 0.25) is 0 Å². The highest BCUT2D eigenvalue weighted by Gasteiger charge is 2.29. The summed E-state index contributed by atoms with van der Waals surface area (Å²) in [4.78, 5) is 48.0. The zero-order valence-corrected chi connectivity index (χ0v) is 14.4. The Kier molecular flexibility index (Phi) is 5.61. The molecular weight excluding hydrogens is 348 g/mol. The predicted octanol–water partition coefficient (Wildman–Crippen LogP) is 1.58. The van der Waals surface area contributed by atoms with Gasteiger partial charge in [-0.25, -0.2) is 4.79 Å². The molecule has 0 aromatic heterocycles. The fourth-order valence-electron chi connectivity index (χ4n) is 2.73. The van der Waals surface area contributed by atoms with E-state index in [4.69, 9.17) is 4.74 Å². The lowest BCUT2D eigenvalue weighted by atomic mass is 10.0. The van der Waals surface area contributed by atoms with Crippen molar-refractivity contribution in [3.05, 3.63) is 71.3 Å². The summed E-state index contributed by atoms with van der Waals surface area (Å²) in [5.41, 5.74) is 1.05. The lowest BCUT2D eigenvalue weighted by molar-refractivity contribution is -0.134. The van der Waals surface area contributed by atoms with E-state index in [1.807, 2.05) is 30.3 Å². The van der Waals surface area contributed by atoms with Gasteiger partial charge in [-0.05, 0) is 24.1 Å². The van der Waals surface area contributed by atoms with E-state index in [9.17, 15) is 19.2 Å². The summed E-state index contributed by atoms with van der Waals surface area (Å²) in [7, 11) is 0. The van der Waals surface area contributed by atoms with Gasteiger partial charge < -0.3 is 10.1 Å². The summed E-state index contributed by atoms with van der Waals surface area (Å²) in [6.45, 7) is 0.0861. The number of piperidine rings is 1. The second-order valence-corrected chi connectivity index (χ2v) is 6.08. The van der Waals surface area contributed by atoms with Crippen LogP contribution in [0.3, 0.4) is 0 Å². The van der Waals surface area contributed by atoms with Crippen molar-refractivity contribution < 1.29 is 23.9 Å². The smallest absolute Gasteiger partial charge is 0.339 e. The van der Waals surface area contributed by atoms with Crippen LogP contribution in [0.15, 0.2) is 54.6 Å². The molecule has 0 bridgehead atoms. The fraction of sp³-hybridized carbons (Fsp3) is 0.200. The second-order valence-electron chi connectivity index (χ2n) is 6.08. The fourth-order valence-corrected chi connectivity index (χ4v) is 2.73. The maximum Gasteiger partial charge on any atom is 0.339 e. The number of carbonyl (C=O) groups is 4. The molecule has 0 saturated carbocycles. The topological polar surface area (TPSA) is 102 Å². The van der Waals surface area contributed by atoms with E-state index in [0.29, 0.717) is 0 Å². The molecule has 1 atom stereocenters. The molecular formula is C20H18N2O5. The molecule has 7 nitrogen and oxygen atoms in total. The number of imide groups is 1. The number of esters is 1. The van der Waals surface area contributed by atoms with Gasteiger partial charge in [0, 0.05) is 6.42 Å². The zero-order chi connectivity index (χ0) is 19.2. The number of nitrogens with one attached hydrogen (secondary N) is 2. The van der Waals surface area contributed by atoms with Gasteiger partial charge in [0.2, 0.25) is 11.8 Å². The standard InChI is InChI=1S/C20H18N2O5/c23-17-11-10-16(19(25)22-17)21-18(24)14-8-4-5-9-15(14)20(26)27-12-13-6-2-1-3-7-13/h1-9,16H,10-12H2,(H,21,24)(H,22,23,25)/t16-/m0/s1. The minimum atomic E-state index is -0.816. The van der Waals surface area contributed by atoms with E-state index in [-0.39, 0.29) is 36.5 Å². The second kappa shape index (κ2) is 8.27. The van der Waals surface area contributed by atoms with Crippen LogP contribution in [-0.4, -0.2) is 29.7 Å². The van der Waals surface area contributed by atoms with Crippen LogP contribution in [0.1, 0.15) is 39.1 Å². The van der Waals surface area contributed by atoms with Gasteiger partial charge in [0.1, 0.15) is 12.6 Å². The summed E-state index contributed by atoms with van der Waals surface area (Å²) in [5.74, 6) is -2.12. The molecule has 0 radical (unpaired) electrons. The molecule has 0 spiro atoms. The van der Waals surface area contributed by atoms with Crippen LogP contribution in [0.5, 0.6) is 0 Å². The molecule has 2 N–H and O–H groups in total. The van der Waals surface area contributed by atoms with E-state index in [1.54, 1.807) is 12.1 Å². The first kappa shape index (κ1) is 18.3. The Hall–Kier alpha value is -3.48. The number of hydrogen-bond donors (Lipinski definition) is 2. The van der Waals surface area contributed by atoms with Crippen LogP contribution in [0.25, 0.3) is 0 Å². The molecule has 1 aliphatic heterocycles. The van der Waals surface area contributed by atoms with Crippen LogP contribution in [0.4, 0.5) is 0 Å². The van der Waals surface area contributed by atoms with Gasteiger partial charge in [-0.3, -0.25) is 19.7 Å². The number of rotatable bonds is 5.